The van der Waals surface area contributed by atoms with Crippen LogP contribution in [-0.2, 0) is 0 Å². The summed E-state index contributed by atoms with van der Waals surface area (Å²) in [5.41, 5.74) is 3.49. The number of hydrogen-bond acceptors (Lipinski definition) is 9. The SMILES string of the molecule is CNC(=O)c1cccc(C)c1Nc1nc(Nc2ccc(N3CCN([C@H]4C5CC6CC4C[C@](O)(C6)C5)CC3)cc2OC)ncc1Cl. The number of ether oxygens (including phenoxy) is 1. The van der Waals surface area contributed by atoms with Gasteiger partial charge in [0.15, 0.2) is 5.82 Å². The quantitative estimate of drug-likeness (QED) is 0.261. The topological polar surface area (TPSA) is 115 Å². The zero-order valence-corrected chi connectivity index (χ0v) is 26.9. The summed E-state index contributed by atoms with van der Waals surface area (Å²) in [5, 5.41) is 20.6. The average Bonchev–Trinajstić information content (AvgIpc) is 3.02. The first-order chi connectivity index (χ1) is 21.7. The molecule has 2 unspecified atom stereocenters. The number of piperazine rings is 1. The first kappa shape index (κ1) is 30.1. The third-order valence-corrected chi connectivity index (χ3v) is 10.7. The Morgan fingerprint density at radius 2 is 1.82 bits per heavy atom. The lowest BCUT2D eigenvalue weighted by atomic mass is 9.52. The van der Waals surface area contributed by atoms with Crippen LogP contribution in [0, 0.1) is 24.7 Å². The summed E-state index contributed by atoms with van der Waals surface area (Å²) >= 11 is 6.47. The Kier molecular flexibility index (Phi) is 8.00. The van der Waals surface area contributed by atoms with Crippen LogP contribution in [0.4, 0.5) is 28.8 Å². The number of halogens is 1. The highest BCUT2D eigenvalue weighted by molar-refractivity contribution is 6.33. The van der Waals surface area contributed by atoms with Crippen LogP contribution in [-0.4, -0.2) is 77.9 Å². The zero-order valence-electron chi connectivity index (χ0n) is 26.1. The van der Waals surface area contributed by atoms with Crippen LogP contribution in [0.15, 0.2) is 42.6 Å². The fourth-order valence-corrected chi connectivity index (χ4v) is 8.86. The number of aliphatic hydroxyl groups is 1. The maximum atomic E-state index is 12.5. The van der Waals surface area contributed by atoms with Gasteiger partial charge in [-0.1, -0.05) is 23.7 Å². The van der Waals surface area contributed by atoms with Crippen molar-refractivity contribution in [3.63, 3.8) is 0 Å². The number of nitrogens with one attached hydrogen (secondary N) is 3. The van der Waals surface area contributed by atoms with E-state index in [0.29, 0.717) is 51.7 Å². The van der Waals surface area contributed by atoms with E-state index in [1.807, 2.05) is 25.1 Å². The first-order valence-electron chi connectivity index (χ1n) is 16.0. The second kappa shape index (κ2) is 12.0. The van der Waals surface area contributed by atoms with Gasteiger partial charge in [-0.05, 0) is 80.5 Å². The molecule has 1 aliphatic heterocycles. The predicted octanol–water partition coefficient (Wildman–Crippen LogP) is 5.36. The number of carbonyl (C=O) groups is 1. The van der Waals surface area contributed by atoms with Gasteiger partial charge >= 0.3 is 0 Å². The molecule has 11 heteroatoms. The van der Waals surface area contributed by atoms with Crippen molar-refractivity contribution >= 4 is 46.3 Å². The summed E-state index contributed by atoms with van der Waals surface area (Å²) in [5.74, 6) is 3.26. The number of rotatable bonds is 8. The lowest BCUT2D eigenvalue weighted by molar-refractivity contribution is -0.160. The van der Waals surface area contributed by atoms with E-state index in [4.69, 9.17) is 16.3 Å². The molecule has 10 nitrogen and oxygen atoms in total. The van der Waals surface area contributed by atoms with E-state index in [0.717, 1.165) is 68.3 Å². The van der Waals surface area contributed by atoms with E-state index in [2.05, 4.69) is 47.9 Å². The predicted molar refractivity (Wildman–Crippen MR) is 177 cm³/mol. The zero-order chi connectivity index (χ0) is 31.3. The molecule has 1 aromatic heterocycles. The van der Waals surface area contributed by atoms with Gasteiger partial charge in [0.25, 0.3) is 5.91 Å². The molecule has 1 saturated heterocycles. The van der Waals surface area contributed by atoms with Crippen LogP contribution in [0.5, 0.6) is 5.75 Å². The van der Waals surface area contributed by atoms with Crippen molar-refractivity contribution in [2.24, 2.45) is 17.8 Å². The fraction of sp³-hybridized carbons (Fsp3) is 0.500. The lowest BCUT2D eigenvalue weighted by Crippen LogP contribution is -2.64. The molecule has 4 N–H and O–H groups in total. The van der Waals surface area contributed by atoms with Crippen LogP contribution in [0.2, 0.25) is 5.02 Å². The van der Waals surface area contributed by atoms with Crippen LogP contribution < -0.4 is 25.6 Å². The number of carbonyl (C=O) groups excluding carboxylic acids is 1. The molecular formula is C34H42ClN7O3. The highest BCUT2D eigenvalue weighted by atomic mass is 35.5. The molecule has 4 bridgehead atoms. The molecule has 4 aliphatic carbocycles. The van der Waals surface area contributed by atoms with E-state index in [1.54, 1.807) is 20.2 Å². The number of hydrogen-bond donors (Lipinski definition) is 4. The number of nitrogens with zero attached hydrogens (tertiary/aromatic N) is 4. The summed E-state index contributed by atoms with van der Waals surface area (Å²) in [6, 6.07) is 12.3. The summed E-state index contributed by atoms with van der Waals surface area (Å²) < 4.78 is 5.79. The summed E-state index contributed by atoms with van der Waals surface area (Å²) in [6.07, 6.45) is 7.15. The van der Waals surface area contributed by atoms with Crippen molar-refractivity contribution in [2.45, 2.75) is 50.7 Å². The van der Waals surface area contributed by atoms with Crippen molar-refractivity contribution in [2.75, 3.05) is 55.9 Å². The fourth-order valence-electron chi connectivity index (χ4n) is 8.72. The molecule has 3 aromatic rings. The Morgan fingerprint density at radius 3 is 2.51 bits per heavy atom. The third kappa shape index (κ3) is 5.79. The lowest BCUT2D eigenvalue weighted by Gasteiger charge is -2.61. The standard InChI is InChI=1S/C34H42ClN7O3/c1-20-5-4-6-25(32(43)36-2)29(20)39-31-26(35)19-37-33(40-31)38-27-8-7-24(15-28(27)45-3)41-9-11-42(12-10-41)30-22-13-21-14-23(30)18-34(44,16-21)17-22/h4-8,15,19,21-23,30,44H,9-14,16-18H2,1-3H3,(H,36,43)(H2,37,38,39,40)/t21?,22?,23?,30-,34-. The molecule has 238 valence electrons. The Morgan fingerprint density at radius 1 is 1.07 bits per heavy atom. The Hall–Kier alpha value is -3.60. The van der Waals surface area contributed by atoms with E-state index in [9.17, 15) is 9.90 Å². The molecule has 2 atom stereocenters. The Labute approximate surface area is 269 Å². The molecule has 45 heavy (non-hydrogen) atoms. The molecule has 4 saturated carbocycles. The van der Waals surface area contributed by atoms with Gasteiger partial charge in [-0.3, -0.25) is 9.69 Å². The van der Waals surface area contributed by atoms with Gasteiger partial charge in [0.05, 0.1) is 35.8 Å². The van der Waals surface area contributed by atoms with Crippen LogP contribution in [0.25, 0.3) is 0 Å². The second-order valence-electron chi connectivity index (χ2n) is 13.3. The van der Waals surface area contributed by atoms with E-state index in [-0.39, 0.29) is 11.5 Å². The molecule has 2 heterocycles. The molecule has 2 aromatic carbocycles. The number of aromatic nitrogens is 2. The van der Waals surface area contributed by atoms with Crippen molar-refractivity contribution in [3.05, 3.63) is 58.7 Å². The normalized spacial score (nSPS) is 27.4. The average molecular weight is 632 g/mol. The van der Waals surface area contributed by atoms with Gasteiger partial charge in [-0.2, -0.15) is 4.98 Å². The van der Waals surface area contributed by atoms with Gasteiger partial charge < -0.3 is 30.7 Å². The number of methoxy groups -OCH3 is 1. The van der Waals surface area contributed by atoms with Crippen molar-refractivity contribution in [1.29, 1.82) is 0 Å². The maximum absolute atomic E-state index is 12.5. The summed E-state index contributed by atoms with van der Waals surface area (Å²) in [7, 11) is 3.26. The molecule has 8 rings (SSSR count). The molecule has 0 spiro atoms. The third-order valence-electron chi connectivity index (χ3n) is 10.5. The number of anilines is 5. The Balaban J connectivity index is 1.03. The number of benzene rings is 2. The number of para-hydroxylation sites is 1. The second-order valence-corrected chi connectivity index (χ2v) is 13.7. The minimum atomic E-state index is -0.381. The highest BCUT2D eigenvalue weighted by Crippen LogP contribution is 2.57. The largest absolute Gasteiger partial charge is 0.494 e. The molecule has 5 aliphatic rings. The highest BCUT2D eigenvalue weighted by Gasteiger charge is 2.56. The summed E-state index contributed by atoms with van der Waals surface area (Å²) in [4.78, 5) is 26.6. The van der Waals surface area contributed by atoms with Crippen LogP contribution in [0.3, 0.4) is 0 Å². The summed E-state index contributed by atoms with van der Waals surface area (Å²) in [6.45, 7) is 5.93. The number of amides is 1. The van der Waals surface area contributed by atoms with Crippen LogP contribution >= 0.6 is 11.6 Å². The molecule has 1 amide bonds. The minimum absolute atomic E-state index is 0.205. The molecule has 5 fully saturated rings. The van der Waals surface area contributed by atoms with Crippen molar-refractivity contribution in [3.8, 4) is 5.75 Å². The smallest absolute Gasteiger partial charge is 0.253 e. The molecular weight excluding hydrogens is 590 g/mol. The molecule has 0 radical (unpaired) electrons. The van der Waals surface area contributed by atoms with Crippen molar-refractivity contribution < 1.29 is 14.6 Å². The monoisotopic (exact) mass is 631 g/mol. The van der Waals surface area contributed by atoms with Crippen molar-refractivity contribution in [1.82, 2.24) is 20.2 Å². The number of aryl methyl sites for hydroxylation is 1. The van der Waals surface area contributed by atoms with E-state index < -0.39 is 0 Å². The van der Waals surface area contributed by atoms with Gasteiger partial charge in [-0.15, -0.1) is 0 Å². The van der Waals surface area contributed by atoms with Gasteiger partial charge in [0.1, 0.15) is 10.8 Å². The maximum Gasteiger partial charge on any atom is 0.253 e. The van der Waals surface area contributed by atoms with Gasteiger partial charge in [0, 0.05) is 51.0 Å². The van der Waals surface area contributed by atoms with E-state index in [1.165, 1.54) is 19.0 Å². The van der Waals surface area contributed by atoms with E-state index >= 15 is 0 Å². The Bertz CT molecular complexity index is 1580. The first-order valence-corrected chi connectivity index (χ1v) is 16.4. The minimum Gasteiger partial charge on any atom is -0.494 e. The van der Waals surface area contributed by atoms with Gasteiger partial charge in [0.2, 0.25) is 5.95 Å². The van der Waals surface area contributed by atoms with Crippen LogP contribution in [0.1, 0.15) is 48.0 Å². The van der Waals surface area contributed by atoms with Gasteiger partial charge in [-0.25, -0.2) is 4.98 Å².